The van der Waals surface area contributed by atoms with Gasteiger partial charge in [0.25, 0.3) is 0 Å². The predicted octanol–water partition coefficient (Wildman–Crippen LogP) is 0.530. The summed E-state index contributed by atoms with van der Waals surface area (Å²) in [6.07, 6.45) is 4.11. The van der Waals surface area contributed by atoms with E-state index in [9.17, 15) is 0 Å². The molecule has 96 valence electrons. The highest BCUT2D eigenvalue weighted by Crippen LogP contribution is 2.26. The van der Waals surface area contributed by atoms with Crippen LogP contribution < -0.4 is 10.2 Å². The number of nitrogens with zero attached hydrogens (tertiary/aromatic N) is 3. The average Bonchev–Trinajstić information content (AvgIpc) is 2.94. The first-order valence-corrected chi connectivity index (χ1v) is 6.19. The van der Waals surface area contributed by atoms with Crippen molar-refractivity contribution in [2.45, 2.75) is 38.3 Å². The fourth-order valence-electron chi connectivity index (χ4n) is 2.30. The topological polar surface area (TPSA) is 74.4 Å². The van der Waals surface area contributed by atoms with E-state index < -0.39 is 0 Å². The summed E-state index contributed by atoms with van der Waals surface area (Å²) >= 11 is 0. The molecule has 0 amide bonds. The van der Waals surface area contributed by atoms with E-state index in [0.29, 0.717) is 24.5 Å². The van der Waals surface area contributed by atoms with E-state index >= 15 is 0 Å². The fourth-order valence-corrected chi connectivity index (χ4v) is 2.30. The highest BCUT2D eigenvalue weighted by molar-refractivity contribution is 5.28. The van der Waals surface area contributed by atoms with Gasteiger partial charge in [-0.1, -0.05) is 5.10 Å². The van der Waals surface area contributed by atoms with Crippen molar-refractivity contribution < 1.29 is 9.52 Å². The molecule has 0 bridgehead atoms. The van der Waals surface area contributed by atoms with Crippen molar-refractivity contribution in [1.82, 2.24) is 15.5 Å². The quantitative estimate of drug-likeness (QED) is 0.755. The maximum absolute atomic E-state index is 8.88. The van der Waals surface area contributed by atoms with Crippen LogP contribution >= 0.6 is 0 Å². The second-order valence-corrected chi connectivity index (χ2v) is 4.36. The number of aromatic nitrogens is 2. The molecule has 0 saturated carbocycles. The van der Waals surface area contributed by atoms with E-state index in [1.807, 2.05) is 7.05 Å². The highest BCUT2D eigenvalue weighted by Gasteiger charge is 2.27. The Kier molecular flexibility index (Phi) is 4.33. The first kappa shape index (κ1) is 12.3. The summed E-state index contributed by atoms with van der Waals surface area (Å²) in [7, 11) is 1.85. The first-order valence-electron chi connectivity index (χ1n) is 6.19. The third-order valence-corrected chi connectivity index (χ3v) is 3.10. The van der Waals surface area contributed by atoms with Gasteiger partial charge in [-0.05, 0) is 32.7 Å². The van der Waals surface area contributed by atoms with Crippen LogP contribution in [0.5, 0.6) is 0 Å². The molecule has 6 heteroatoms. The summed E-state index contributed by atoms with van der Waals surface area (Å²) in [5, 5.41) is 19.9. The van der Waals surface area contributed by atoms with E-state index in [1.165, 1.54) is 0 Å². The maximum Gasteiger partial charge on any atom is 0.318 e. The summed E-state index contributed by atoms with van der Waals surface area (Å²) in [6, 6.07) is 1.06. The molecule has 1 saturated heterocycles. The van der Waals surface area contributed by atoms with E-state index in [2.05, 4.69) is 20.4 Å². The molecule has 2 rings (SSSR count). The van der Waals surface area contributed by atoms with Gasteiger partial charge < -0.3 is 19.7 Å². The molecule has 1 aromatic rings. The minimum Gasteiger partial charge on any atom is -0.407 e. The standard InChI is InChI=1S/C11H20N4O2/c1-12-8-10-13-14-11(17-10)15-6-2-4-9(15)5-3-7-16/h9,12,16H,2-8H2,1H3. The van der Waals surface area contributed by atoms with Crippen molar-refractivity contribution >= 4 is 6.01 Å². The van der Waals surface area contributed by atoms with E-state index in [-0.39, 0.29) is 6.61 Å². The van der Waals surface area contributed by atoms with Gasteiger partial charge in [0.15, 0.2) is 0 Å². The lowest BCUT2D eigenvalue weighted by Crippen LogP contribution is -2.29. The van der Waals surface area contributed by atoms with Gasteiger partial charge in [0.2, 0.25) is 5.89 Å². The van der Waals surface area contributed by atoms with Crippen LogP contribution in [0.1, 0.15) is 31.6 Å². The third-order valence-electron chi connectivity index (χ3n) is 3.10. The lowest BCUT2D eigenvalue weighted by Gasteiger charge is -2.21. The van der Waals surface area contributed by atoms with Crippen molar-refractivity contribution in [2.24, 2.45) is 0 Å². The van der Waals surface area contributed by atoms with E-state index in [1.54, 1.807) is 0 Å². The molecule has 1 aliphatic heterocycles. The van der Waals surface area contributed by atoms with Crippen LogP contribution in [0.3, 0.4) is 0 Å². The molecular formula is C11H20N4O2. The fraction of sp³-hybridized carbons (Fsp3) is 0.818. The molecule has 0 aliphatic carbocycles. The molecular weight excluding hydrogens is 220 g/mol. The van der Waals surface area contributed by atoms with Crippen LogP contribution in [0.25, 0.3) is 0 Å². The van der Waals surface area contributed by atoms with Crippen LogP contribution in [0.15, 0.2) is 4.42 Å². The predicted molar refractivity (Wildman–Crippen MR) is 63.7 cm³/mol. The summed E-state index contributed by atoms with van der Waals surface area (Å²) < 4.78 is 5.60. The maximum atomic E-state index is 8.88. The van der Waals surface area contributed by atoms with Crippen molar-refractivity contribution in [3.63, 3.8) is 0 Å². The Labute approximate surface area is 101 Å². The second kappa shape index (κ2) is 5.97. The molecule has 0 aromatic carbocycles. The normalized spacial score (nSPS) is 20.1. The van der Waals surface area contributed by atoms with Crippen LogP contribution in [-0.4, -0.2) is 41.5 Å². The number of anilines is 1. The lowest BCUT2D eigenvalue weighted by molar-refractivity contribution is 0.279. The lowest BCUT2D eigenvalue weighted by atomic mass is 10.1. The van der Waals surface area contributed by atoms with E-state index in [0.717, 1.165) is 32.2 Å². The van der Waals surface area contributed by atoms with Gasteiger partial charge in [-0.15, -0.1) is 5.10 Å². The smallest absolute Gasteiger partial charge is 0.318 e. The Balaban J connectivity index is 1.98. The Bertz CT molecular complexity index is 342. The average molecular weight is 240 g/mol. The van der Waals surface area contributed by atoms with Gasteiger partial charge in [0.1, 0.15) is 0 Å². The van der Waals surface area contributed by atoms with Gasteiger partial charge in [0, 0.05) is 19.2 Å². The van der Waals surface area contributed by atoms with Gasteiger partial charge in [-0.2, -0.15) is 0 Å². The Morgan fingerprint density at radius 3 is 3.18 bits per heavy atom. The molecule has 1 atom stereocenters. The number of nitrogens with one attached hydrogen (secondary N) is 1. The molecule has 1 aliphatic rings. The summed E-state index contributed by atoms with van der Waals surface area (Å²) in [6.45, 7) is 1.82. The zero-order chi connectivity index (χ0) is 12.1. The molecule has 1 fully saturated rings. The number of hydrogen-bond donors (Lipinski definition) is 2. The minimum atomic E-state index is 0.249. The van der Waals surface area contributed by atoms with Crippen molar-refractivity contribution in [3.8, 4) is 0 Å². The minimum absolute atomic E-state index is 0.249. The zero-order valence-corrected chi connectivity index (χ0v) is 10.2. The molecule has 1 aromatic heterocycles. The summed E-state index contributed by atoms with van der Waals surface area (Å²) in [4.78, 5) is 2.17. The number of rotatable bonds is 6. The summed E-state index contributed by atoms with van der Waals surface area (Å²) in [5.74, 6) is 0.621. The number of aliphatic hydroxyl groups excluding tert-OH is 1. The largest absolute Gasteiger partial charge is 0.407 e. The summed E-state index contributed by atoms with van der Waals surface area (Å²) in [5.41, 5.74) is 0. The Hall–Kier alpha value is -1.14. The Morgan fingerprint density at radius 2 is 2.41 bits per heavy atom. The molecule has 0 radical (unpaired) electrons. The van der Waals surface area contributed by atoms with Crippen LogP contribution in [0, 0.1) is 0 Å². The van der Waals surface area contributed by atoms with Crippen molar-refractivity contribution in [1.29, 1.82) is 0 Å². The van der Waals surface area contributed by atoms with E-state index in [4.69, 9.17) is 9.52 Å². The SMILES string of the molecule is CNCc1nnc(N2CCCC2CCCO)o1. The molecule has 1 unspecified atom stereocenters. The Morgan fingerprint density at radius 1 is 1.53 bits per heavy atom. The third kappa shape index (κ3) is 2.95. The van der Waals surface area contributed by atoms with Crippen LogP contribution in [-0.2, 0) is 6.54 Å². The van der Waals surface area contributed by atoms with Gasteiger partial charge >= 0.3 is 6.01 Å². The van der Waals surface area contributed by atoms with Crippen molar-refractivity contribution in [3.05, 3.63) is 5.89 Å². The van der Waals surface area contributed by atoms with Crippen molar-refractivity contribution in [2.75, 3.05) is 25.1 Å². The van der Waals surface area contributed by atoms with Gasteiger partial charge in [-0.25, -0.2) is 0 Å². The molecule has 17 heavy (non-hydrogen) atoms. The zero-order valence-electron chi connectivity index (χ0n) is 10.2. The monoisotopic (exact) mass is 240 g/mol. The molecule has 0 spiro atoms. The highest BCUT2D eigenvalue weighted by atomic mass is 16.4. The van der Waals surface area contributed by atoms with Gasteiger partial charge in [0.05, 0.1) is 6.54 Å². The van der Waals surface area contributed by atoms with Gasteiger partial charge in [-0.3, -0.25) is 0 Å². The molecule has 2 heterocycles. The first-order chi connectivity index (χ1) is 8.35. The number of hydrogen-bond acceptors (Lipinski definition) is 6. The van der Waals surface area contributed by atoms with Crippen LogP contribution in [0.2, 0.25) is 0 Å². The number of aliphatic hydroxyl groups is 1. The molecule has 2 N–H and O–H groups in total. The second-order valence-electron chi connectivity index (χ2n) is 4.36. The molecule has 6 nitrogen and oxygen atoms in total. The van der Waals surface area contributed by atoms with Crippen LogP contribution in [0.4, 0.5) is 6.01 Å².